The maximum atomic E-state index is 12.1. The van der Waals surface area contributed by atoms with Gasteiger partial charge in [0.05, 0.1) is 13.2 Å². The number of nitrogens with one attached hydrogen (secondary N) is 1. The molecule has 4 nitrogen and oxygen atoms in total. The number of methoxy groups -OCH3 is 1. The highest BCUT2D eigenvalue weighted by Crippen LogP contribution is 2.32. The molecule has 0 fully saturated rings. The normalized spacial score (nSPS) is 10.8. The summed E-state index contributed by atoms with van der Waals surface area (Å²) in [6.07, 6.45) is 0. The summed E-state index contributed by atoms with van der Waals surface area (Å²) in [5, 5.41) is 11.8. The first kappa shape index (κ1) is 15.0. The molecule has 0 saturated carbocycles. The van der Waals surface area contributed by atoms with Gasteiger partial charge in [-0.3, -0.25) is 4.79 Å². The first-order valence-corrected chi connectivity index (χ1v) is 6.12. The Morgan fingerprint density at radius 3 is 2.37 bits per heavy atom. The van der Waals surface area contributed by atoms with Crippen LogP contribution < -0.4 is 10.1 Å². The minimum Gasteiger partial charge on any atom is -0.496 e. The summed E-state index contributed by atoms with van der Waals surface area (Å²) in [7, 11) is 1.62. The molecule has 4 heteroatoms. The minimum absolute atomic E-state index is 0.300. The molecule has 1 N–H and O–H groups in total. The van der Waals surface area contributed by atoms with Crippen LogP contribution in [0.5, 0.6) is 5.75 Å². The van der Waals surface area contributed by atoms with Crippen LogP contribution in [0.4, 0.5) is 5.69 Å². The number of hydrogen-bond donors (Lipinski definition) is 1. The SMILES string of the molecule is COc1cc(C)c(NC(=O)C(C)(C)C#N)c(C)c1C. The predicted molar refractivity (Wildman–Crippen MR) is 75.2 cm³/mol. The van der Waals surface area contributed by atoms with Crippen LogP contribution in [0.25, 0.3) is 0 Å². The van der Waals surface area contributed by atoms with Crippen molar-refractivity contribution < 1.29 is 9.53 Å². The fourth-order valence-corrected chi connectivity index (χ4v) is 1.77. The second-order valence-corrected chi connectivity index (χ2v) is 5.21. The van der Waals surface area contributed by atoms with Crippen molar-refractivity contribution in [2.24, 2.45) is 5.41 Å². The van der Waals surface area contributed by atoms with Crippen LogP contribution in [0.1, 0.15) is 30.5 Å². The van der Waals surface area contributed by atoms with Crippen LogP contribution in [0.3, 0.4) is 0 Å². The first-order chi connectivity index (χ1) is 8.74. The van der Waals surface area contributed by atoms with Crippen molar-refractivity contribution in [3.8, 4) is 11.8 Å². The molecule has 0 radical (unpaired) electrons. The molecule has 0 heterocycles. The number of rotatable bonds is 3. The second kappa shape index (κ2) is 5.31. The van der Waals surface area contributed by atoms with Crippen molar-refractivity contribution in [3.63, 3.8) is 0 Å². The lowest BCUT2D eigenvalue weighted by Gasteiger charge is -2.20. The highest BCUT2D eigenvalue weighted by atomic mass is 16.5. The van der Waals surface area contributed by atoms with Crippen molar-refractivity contribution >= 4 is 11.6 Å². The molecule has 19 heavy (non-hydrogen) atoms. The van der Waals surface area contributed by atoms with Crippen LogP contribution in [0, 0.1) is 37.5 Å². The van der Waals surface area contributed by atoms with Gasteiger partial charge in [-0.2, -0.15) is 5.26 Å². The van der Waals surface area contributed by atoms with Crippen molar-refractivity contribution in [1.29, 1.82) is 5.26 Å². The van der Waals surface area contributed by atoms with E-state index in [9.17, 15) is 4.79 Å². The summed E-state index contributed by atoms with van der Waals surface area (Å²) in [5.41, 5.74) is 2.57. The zero-order valence-electron chi connectivity index (χ0n) is 12.3. The van der Waals surface area contributed by atoms with Gasteiger partial charge in [-0.15, -0.1) is 0 Å². The van der Waals surface area contributed by atoms with Gasteiger partial charge in [0.1, 0.15) is 11.2 Å². The first-order valence-electron chi connectivity index (χ1n) is 6.12. The Kier molecular flexibility index (Phi) is 4.21. The third-order valence-corrected chi connectivity index (χ3v) is 3.35. The number of anilines is 1. The Hall–Kier alpha value is -2.02. The molecule has 0 bridgehead atoms. The summed E-state index contributed by atoms with van der Waals surface area (Å²) in [5.74, 6) is 0.498. The monoisotopic (exact) mass is 260 g/mol. The van der Waals surface area contributed by atoms with Gasteiger partial charge in [-0.25, -0.2) is 0 Å². The molecule has 0 aromatic heterocycles. The number of carbonyl (C=O) groups is 1. The smallest absolute Gasteiger partial charge is 0.244 e. The average Bonchev–Trinajstić information content (AvgIpc) is 2.38. The van der Waals surface area contributed by atoms with Gasteiger partial charge in [-0.05, 0) is 57.4 Å². The second-order valence-electron chi connectivity index (χ2n) is 5.21. The minimum atomic E-state index is -1.05. The molecule has 1 rings (SSSR count). The number of benzene rings is 1. The molecule has 1 amide bonds. The van der Waals surface area contributed by atoms with Crippen molar-refractivity contribution in [2.75, 3.05) is 12.4 Å². The van der Waals surface area contributed by atoms with Gasteiger partial charge >= 0.3 is 0 Å². The maximum Gasteiger partial charge on any atom is 0.244 e. The lowest BCUT2D eigenvalue weighted by Crippen LogP contribution is -2.29. The van der Waals surface area contributed by atoms with E-state index in [2.05, 4.69) is 5.32 Å². The summed E-state index contributed by atoms with van der Waals surface area (Å²) in [6.45, 7) is 8.98. The molecule has 1 aromatic rings. The molecule has 0 aliphatic carbocycles. The molecule has 0 spiro atoms. The number of carbonyl (C=O) groups excluding carboxylic acids is 1. The van der Waals surface area contributed by atoms with Crippen LogP contribution in [-0.4, -0.2) is 13.0 Å². The van der Waals surface area contributed by atoms with E-state index in [1.807, 2.05) is 32.9 Å². The highest BCUT2D eigenvalue weighted by molar-refractivity contribution is 5.98. The van der Waals surface area contributed by atoms with E-state index in [-0.39, 0.29) is 5.91 Å². The van der Waals surface area contributed by atoms with Gasteiger partial charge in [-0.1, -0.05) is 0 Å². The number of amides is 1. The van der Waals surface area contributed by atoms with E-state index < -0.39 is 5.41 Å². The lowest BCUT2D eigenvalue weighted by atomic mass is 9.93. The van der Waals surface area contributed by atoms with Gasteiger partial charge in [0.25, 0.3) is 0 Å². The molecule has 0 unspecified atom stereocenters. The van der Waals surface area contributed by atoms with Crippen LogP contribution in [0.2, 0.25) is 0 Å². The standard InChI is InChI=1S/C15H20N2O2/c1-9-7-12(19-6)10(2)11(3)13(9)17-14(18)15(4,5)8-16/h7H,1-6H3,(H,17,18). The number of nitriles is 1. The van der Waals surface area contributed by atoms with Gasteiger partial charge < -0.3 is 10.1 Å². The summed E-state index contributed by atoms with van der Waals surface area (Å²) in [4.78, 5) is 12.1. The van der Waals surface area contributed by atoms with Crippen LogP contribution in [0.15, 0.2) is 6.07 Å². The zero-order chi connectivity index (χ0) is 14.8. The molecule has 1 aromatic carbocycles. The molecular weight excluding hydrogens is 240 g/mol. The van der Waals surface area contributed by atoms with E-state index in [4.69, 9.17) is 10.00 Å². The molecular formula is C15H20N2O2. The average molecular weight is 260 g/mol. The van der Waals surface area contributed by atoms with Crippen molar-refractivity contribution in [2.45, 2.75) is 34.6 Å². The predicted octanol–water partition coefficient (Wildman–Crippen LogP) is 3.11. The molecule has 0 saturated heterocycles. The third kappa shape index (κ3) is 2.87. The quantitative estimate of drug-likeness (QED) is 0.908. The number of ether oxygens (including phenoxy) is 1. The number of hydrogen-bond acceptors (Lipinski definition) is 3. The number of aryl methyl sites for hydroxylation is 1. The Bertz CT molecular complexity index is 554. The van der Waals surface area contributed by atoms with E-state index in [1.54, 1.807) is 21.0 Å². The largest absolute Gasteiger partial charge is 0.496 e. The van der Waals surface area contributed by atoms with Gasteiger partial charge in [0.2, 0.25) is 5.91 Å². The molecule has 102 valence electrons. The van der Waals surface area contributed by atoms with E-state index in [0.717, 1.165) is 28.1 Å². The Balaban J connectivity index is 3.21. The fraction of sp³-hybridized carbons (Fsp3) is 0.467. The van der Waals surface area contributed by atoms with E-state index in [1.165, 1.54) is 0 Å². The van der Waals surface area contributed by atoms with Crippen molar-refractivity contribution in [1.82, 2.24) is 0 Å². The fourth-order valence-electron chi connectivity index (χ4n) is 1.77. The number of nitrogens with zero attached hydrogens (tertiary/aromatic N) is 1. The maximum absolute atomic E-state index is 12.1. The Labute approximate surface area is 114 Å². The van der Waals surface area contributed by atoms with E-state index in [0.29, 0.717) is 0 Å². The van der Waals surface area contributed by atoms with Gasteiger partial charge in [0.15, 0.2) is 0 Å². The lowest BCUT2D eigenvalue weighted by molar-refractivity contribution is -0.121. The third-order valence-electron chi connectivity index (χ3n) is 3.35. The zero-order valence-corrected chi connectivity index (χ0v) is 12.3. The summed E-state index contributed by atoms with van der Waals surface area (Å²) < 4.78 is 5.29. The highest BCUT2D eigenvalue weighted by Gasteiger charge is 2.28. The van der Waals surface area contributed by atoms with E-state index >= 15 is 0 Å². The Morgan fingerprint density at radius 1 is 1.32 bits per heavy atom. The Morgan fingerprint density at radius 2 is 1.89 bits per heavy atom. The molecule has 0 aliphatic heterocycles. The summed E-state index contributed by atoms with van der Waals surface area (Å²) in [6, 6.07) is 3.89. The summed E-state index contributed by atoms with van der Waals surface area (Å²) >= 11 is 0. The molecule has 0 aliphatic rings. The van der Waals surface area contributed by atoms with Gasteiger partial charge in [0, 0.05) is 5.69 Å². The molecule has 0 atom stereocenters. The van der Waals surface area contributed by atoms with Crippen LogP contribution >= 0.6 is 0 Å². The van der Waals surface area contributed by atoms with Crippen LogP contribution in [-0.2, 0) is 4.79 Å². The topological polar surface area (TPSA) is 62.1 Å². The van der Waals surface area contributed by atoms with Crippen molar-refractivity contribution in [3.05, 3.63) is 22.8 Å².